The fraction of sp³-hybridized carbons (Fsp3) is 0.368. The second-order valence-corrected chi connectivity index (χ2v) is 7.93. The number of anilines is 1. The Hall–Kier alpha value is -3.34. The van der Waals surface area contributed by atoms with Crippen molar-refractivity contribution in [2.75, 3.05) is 11.9 Å². The fourth-order valence-corrected chi connectivity index (χ4v) is 3.41. The summed E-state index contributed by atoms with van der Waals surface area (Å²) in [5.41, 5.74) is 5.13. The number of nitrogens with zero attached hydrogens (tertiary/aromatic N) is 4. The third-order valence-electron chi connectivity index (χ3n) is 5.48. The summed E-state index contributed by atoms with van der Waals surface area (Å²) in [5, 5.41) is 16.9. The number of ether oxygens (including phenoxy) is 1. The second-order valence-electron chi connectivity index (χ2n) is 7.93. The first-order valence-corrected chi connectivity index (χ1v) is 9.42. The molecule has 9 nitrogen and oxygen atoms in total. The molecule has 2 aliphatic carbocycles. The van der Waals surface area contributed by atoms with Crippen LogP contribution in [0.2, 0.25) is 0 Å². The van der Waals surface area contributed by atoms with Gasteiger partial charge < -0.3 is 20.9 Å². The normalized spacial score (nSPS) is 18.2. The molecule has 4 N–H and O–H groups in total. The molecule has 2 aliphatic rings. The van der Waals surface area contributed by atoms with Gasteiger partial charge in [0.05, 0.1) is 29.7 Å². The molecule has 156 valence electrons. The summed E-state index contributed by atoms with van der Waals surface area (Å²) < 4.78 is 34.4. The average molecular weight is 416 g/mol. The van der Waals surface area contributed by atoms with E-state index in [9.17, 15) is 18.7 Å². The summed E-state index contributed by atoms with van der Waals surface area (Å²) in [5.74, 6) is -2.23. The van der Waals surface area contributed by atoms with Gasteiger partial charge in [0.1, 0.15) is 18.0 Å². The van der Waals surface area contributed by atoms with Crippen molar-refractivity contribution >= 4 is 17.4 Å². The highest BCUT2D eigenvalue weighted by atomic mass is 19.1. The van der Waals surface area contributed by atoms with Gasteiger partial charge in [-0.05, 0) is 31.7 Å². The summed E-state index contributed by atoms with van der Waals surface area (Å²) >= 11 is 0. The number of carboxylic acid groups (broad SMARTS) is 1. The molecular formula is C19H18F2N6O3. The number of rotatable bonds is 7. The van der Waals surface area contributed by atoms with Crippen molar-refractivity contribution in [3.63, 3.8) is 0 Å². The Balaban J connectivity index is 1.52. The van der Waals surface area contributed by atoms with Gasteiger partial charge in [-0.2, -0.15) is 0 Å². The van der Waals surface area contributed by atoms with Gasteiger partial charge in [0.2, 0.25) is 5.88 Å². The van der Waals surface area contributed by atoms with Crippen molar-refractivity contribution in [2.24, 2.45) is 5.73 Å². The molecular weight excluding hydrogens is 398 g/mol. The summed E-state index contributed by atoms with van der Waals surface area (Å²) in [6.45, 7) is 0.257. The maximum Gasteiger partial charge on any atom is 0.343 e. The number of aromatic nitrogens is 4. The van der Waals surface area contributed by atoms with Crippen LogP contribution in [-0.4, -0.2) is 42.8 Å². The first-order valence-electron chi connectivity index (χ1n) is 9.42. The van der Waals surface area contributed by atoms with Crippen molar-refractivity contribution < 1.29 is 23.4 Å². The van der Waals surface area contributed by atoms with Gasteiger partial charge in [-0.15, -0.1) is 5.10 Å². The number of nitrogens with two attached hydrogens (primary N) is 1. The lowest BCUT2D eigenvalue weighted by atomic mass is 10.1. The summed E-state index contributed by atoms with van der Waals surface area (Å²) in [7, 11) is 0. The van der Waals surface area contributed by atoms with Crippen molar-refractivity contribution in [3.8, 4) is 5.88 Å². The smallest absolute Gasteiger partial charge is 0.343 e. The van der Waals surface area contributed by atoms with E-state index < -0.39 is 23.1 Å². The zero-order valence-corrected chi connectivity index (χ0v) is 15.7. The molecule has 0 amide bonds. The van der Waals surface area contributed by atoms with Gasteiger partial charge in [0, 0.05) is 5.56 Å². The highest BCUT2D eigenvalue weighted by Crippen LogP contribution is 2.51. The molecule has 0 aromatic carbocycles. The number of nitrogens with one attached hydrogen (secondary N) is 1. The minimum atomic E-state index is -1.27. The quantitative estimate of drug-likeness (QED) is 0.534. The Labute approximate surface area is 168 Å². The van der Waals surface area contributed by atoms with Crippen LogP contribution >= 0.6 is 0 Å². The second kappa shape index (κ2) is 6.33. The molecule has 30 heavy (non-hydrogen) atoms. The minimum Gasteiger partial charge on any atom is -0.477 e. The Morgan fingerprint density at radius 1 is 1.23 bits per heavy atom. The molecule has 2 saturated carbocycles. The van der Waals surface area contributed by atoms with Gasteiger partial charge in [-0.25, -0.2) is 28.1 Å². The third-order valence-corrected chi connectivity index (χ3v) is 5.48. The van der Waals surface area contributed by atoms with Crippen molar-refractivity contribution in [3.05, 3.63) is 47.4 Å². The van der Waals surface area contributed by atoms with E-state index in [0.717, 1.165) is 35.9 Å². The standard InChI is InChI=1S/C19H18F2N6O3/c20-10-5-12(16(24-6-10)30-9-18(22)1-2-18)19(3-4-19)25-14-13(17(28)29)15-23-7-11(21)8-27(15)26-14/h5-8H,1-4,9,22H2,(H,25,26)(H,28,29). The monoisotopic (exact) mass is 416 g/mol. The molecule has 3 aromatic rings. The van der Waals surface area contributed by atoms with Gasteiger partial charge in [-0.3, -0.25) is 0 Å². The SMILES string of the molecule is NC1(COc2ncc(F)cc2C2(Nc3nn4cc(F)cnc4c3C(=O)O)CC2)CC1. The van der Waals surface area contributed by atoms with Gasteiger partial charge in [0.15, 0.2) is 17.3 Å². The van der Waals surface area contributed by atoms with Crippen LogP contribution in [-0.2, 0) is 5.54 Å². The summed E-state index contributed by atoms with van der Waals surface area (Å²) in [6, 6.07) is 1.31. The summed E-state index contributed by atoms with van der Waals surface area (Å²) in [4.78, 5) is 19.7. The van der Waals surface area contributed by atoms with Gasteiger partial charge in [0.25, 0.3) is 0 Å². The molecule has 5 rings (SSSR count). The van der Waals surface area contributed by atoms with Crippen molar-refractivity contribution in [1.29, 1.82) is 0 Å². The third kappa shape index (κ3) is 3.20. The summed E-state index contributed by atoms with van der Waals surface area (Å²) in [6.07, 6.45) is 5.87. The van der Waals surface area contributed by atoms with E-state index in [1.807, 2.05) is 0 Å². The first-order chi connectivity index (χ1) is 14.3. The van der Waals surface area contributed by atoms with Crippen molar-refractivity contribution in [1.82, 2.24) is 19.6 Å². The molecule has 11 heteroatoms. The zero-order valence-electron chi connectivity index (χ0n) is 15.7. The first kappa shape index (κ1) is 18.7. The van der Waals surface area contributed by atoms with Gasteiger partial charge in [-0.1, -0.05) is 0 Å². The predicted molar refractivity (Wildman–Crippen MR) is 100 cm³/mol. The maximum atomic E-state index is 14.0. The van der Waals surface area contributed by atoms with E-state index in [0.29, 0.717) is 18.4 Å². The zero-order chi connectivity index (χ0) is 21.1. The number of hydrogen-bond donors (Lipinski definition) is 3. The lowest BCUT2D eigenvalue weighted by Gasteiger charge is -2.21. The molecule has 0 aliphatic heterocycles. The molecule has 0 atom stereocenters. The molecule has 0 radical (unpaired) electrons. The van der Waals surface area contributed by atoms with E-state index in [4.69, 9.17) is 10.5 Å². The number of pyridine rings is 1. The molecule has 0 bridgehead atoms. The number of aromatic carboxylic acids is 1. The van der Waals surface area contributed by atoms with Crippen LogP contribution in [0.5, 0.6) is 5.88 Å². The van der Waals surface area contributed by atoms with Crippen LogP contribution in [0, 0.1) is 11.6 Å². The lowest BCUT2D eigenvalue weighted by molar-refractivity contribution is 0.0699. The topological polar surface area (TPSA) is 128 Å². The molecule has 3 heterocycles. The Kier molecular flexibility index (Phi) is 3.94. The number of carbonyl (C=O) groups is 1. The van der Waals surface area contributed by atoms with E-state index in [2.05, 4.69) is 20.4 Å². The van der Waals surface area contributed by atoms with Gasteiger partial charge >= 0.3 is 5.97 Å². The van der Waals surface area contributed by atoms with Crippen molar-refractivity contribution in [2.45, 2.75) is 36.8 Å². The Morgan fingerprint density at radius 3 is 2.63 bits per heavy atom. The number of fused-ring (bicyclic) bond motifs is 1. The Morgan fingerprint density at radius 2 is 1.97 bits per heavy atom. The number of hydrogen-bond acceptors (Lipinski definition) is 7. The highest BCUT2D eigenvalue weighted by Gasteiger charge is 2.49. The number of carboxylic acids is 1. The van der Waals surface area contributed by atoms with Crippen LogP contribution < -0.4 is 15.8 Å². The molecule has 0 unspecified atom stereocenters. The number of halogens is 2. The molecule has 0 saturated heterocycles. The molecule has 3 aromatic heterocycles. The van der Waals surface area contributed by atoms with E-state index >= 15 is 0 Å². The van der Waals surface area contributed by atoms with Crippen LogP contribution in [0.25, 0.3) is 5.65 Å². The van der Waals surface area contributed by atoms with Crippen LogP contribution in [0.4, 0.5) is 14.6 Å². The average Bonchev–Trinajstić information content (AvgIpc) is 3.59. The highest BCUT2D eigenvalue weighted by molar-refractivity contribution is 6.00. The van der Waals surface area contributed by atoms with E-state index in [1.165, 1.54) is 6.07 Å². The predicted octanol–water partition coefficient (Wildman–Crippen LogP) is 2.07. The molecule has 2 fully saturated rings. The van der Waals surface area contributed by atoms with Crippen LogP contribution in [0.1, 0.15) is 41.6 Å². The molecule has 0 spiro atoms. The fourth-order valence-electron chi connectivity index (χ4n) is 3.41. The van der Waals surface area contributed by atoms with E-state index in [-0.39, 0.29) is 35.1 Å². The Bertz CT molecular complexity index is 1170. The maximum absolute atomic E-state index is 14.0. The largest absolute Gasteiger partial charge is 0.477 e. The minimum absolute atomic E-state index is 0.00477. The lowest BCUT2D eigenvalue weighted by Crippen LogP contribution is -2.31. The van der Waals surface area contributed by atoms with Crippen LogP contribution in [0.3, 0.4) is 0 Å². The van der Waals surface area contributed by atoms with Crippen LogP contribution in [0.15, 0.2) is 24.7 Å². The van der Waals surface area contributed by atoms with E-state index in [1.54, 1.807) is 0 Å².